The number of hydrogen-bond donors (Lipinski definition) is 2. The Balaban J connectivity index is 0.954. The van der Waals surface area contributed by atoms with Gasteiger partial charge >= 0.3 is 0 Å². The van der Waals surface area contributed by atoms with Gasteiger partial charge < -0.3 is 9.73 Å². The standard InChI is InChI=1S/C49H37N3OS/c1-3-11-31(12-4-1)47-50-48(32-13-5-2-6-14-32)52-49(51-47)33-23-21-30(22-24-33)37-17-9-19-40-41-20-10-18-38(46(41)54-45(37)40)36-25-26-39-42-27-34-15-7-8-16-35(34)28-44(42)53-43(39)29-36/h1-8,10-13,15-16,18-29,32,47,49,51H,9,14,17H2,(H,50,52). The topological polar surface area (TPSA) is 49.6 Å². The second-order valence-corrected chi connectivity index (χ2v) is 15.6. The van der Waals surface area contributed by atoms with Crippen molar-refractivity contribution in [2.45, 2.75) is 31.6 Å². The molecule has 2 N–H and O–H groups in total. The molecule has 0 bridgehead atoms. The normalized spacial score (nSPS) is 19.6. The molecule has 3 aliphatic rings. The van der Waals surface area contributed by atoms with Gasteiger partial charge in [0, 0.05) is 31.3 Å². The fourth-order valence-electron chi connectivity index (χ4n) is 8.58. The molecule has 0 amide bonds. The minimum absolute atomic E-state index is 0.0497. The van der Waals surface area contributed by atoms with Gasteiger partial charge in [-0.25, -0.2) is 4.99 Å². The first kappa shape index (κ1) is 31.5. The molecule has 0 fully saturated rings. The molecule has 3 heterocycles. The van der Waals surface area contributed by atoms with Crippen LogP contribution in [0.25, 0.3) is 65.6 Å². The Bertz CT molecular complexity index is 2980. The van der Waals surface area contributed by atoms with E-state index in [-0.39, 0.29) is 18.2 Å². The van der Waals surface area contributed by atoms with Crippen LogP contribution < -0.4 is 20.4 Å². The second-order valence-electron chi connectivity index (χ2n) is 14.6. The zero-order valence-corrected chi connectivity index (χ0v) is 30.4. The lowest BCUT2D eigenvalue weighted by molar-refractivity contribution is 0.399. The van der Waals surface area contributed by atoms with E-state index in [1.54, 1.807) is 0 Å². The molecule has 0 spiro atoms. The number of benzene rings is 6. The number of hydrogen-bond acceptors (Lipinski definition) is 5. The highest BCUT2D eigenvalue weighted by Gasteiger charge is 2.28. The van der Waals surface area contributed by atoms with Crippen molar-refractivity contribution >= 4 is 71.6 Å². The van der Waals surface area contributed by atoms with E-state index >= 15 is 0 Å². The van der Waals surface area contributed by atoms with Gasteiger partial charge in [0.1, 0.15) is 29.3 Å². The Morgan fingerprint density at radius 3 is 2.35 bits per heavy atom. The van der Waals surface area contributed by atoms with E-state index in [0.29, 0.717) is 0 Å². The first-order valence-corrected chi connectivity index (χ1v) is 19.7. The predicted molar refractivity (Wildman–Crippen MR) is 226 cm³/mol. The van der Waals surface area contributed by atoms with Crippen LogP contribution in [-0.2, 0) is 0 Å². The summed E-state index contributed by atoms with van der Waals surface area (Å²) in [5, 5.41) is 15.0. The summed E-state index contributed by atoms with van der Waals surface area (Å²) in [5.41, 5.74) is 9.40. The van der Waals surface area contributed by atoms with Crippen molar-refractivity contribution < 1.29 is 4.42 Å². The highest BCUT2D eigenvalue weighted by molar-refractivity contribution is 7.17. The molecule has 2 aliphatic carbocycles. The molecular weight excluding hydrogens is 679 g/mol. The summed E-state index contributed by atoms with van der Waals surface area (Å²) >= 11 is 1.93. The van der Waals surface area contributed by atoms with Crippen LogP contribution in [0.2, 0.25) is 0 Å². The third kappa shape index (κ3) is 5.34. The summed E-state index contributed by atoms with van der Waals surface area (Å²) in [6, 6.07) is 46.2. The van der Waals surface area contributed by atoms with Gasteiger partial charge in [-0.3, -0.25) is 5.32 Å². The maximum atomic E-state index is 6.48. The Morgan fingerprint density at radius 1 is 0.685 bits per heavy atom. The molecule has 5 heteroatoms. The molecular formula is C49H37N3OS. The minimum Gasteiger partial charge on any atom is -0.456 e. The zero-order valence-electron chi connectivity index (χ0n) is 29.6. The fourth-order valence-corrected chi connectivity index (χ4v) is 10.0. The van der Waals surface area contributed by atoms with E-state index in [2.05, 4.69) is 168 Å². The van der Waals surface area contributed by atoms with Crippen molar-refractivity contribution in [2.24, 2.45) is 10.9 Å². The number of nitrogens with zero attached hydrogens (tertiary/aromatic N) is 1. The van der Waals surface area contributed by atoms with Gasteiger partial charge in [0.15, 0.2) is 0 Å². The van der Waals surface area contributed by atoms with Gasteiger partial charge in [-0.05, 0) is 92.9 Å². The monoisotopic (exact) mass is 715 g/mol. The number of amidine groups is 1. The molecule has 1 aliphatic heterocycles. The Labute approximate surface area is 317 Å². The van der Waals surface area contributed by atoms with Crippen LogP contribution in [0.3, 0.4) is 0 Å². The summed E-state index contributed by atoms with van der Waals surface area (Å²) < 4.78 is 9.20. The van der Waals surface area contributed by atoms with Gasteiger partial charge in [-0.15, -0.1) is 11.3 Å². The average molecular weight is 716 g/mol. The molecule has 8 aromatic rings. The molecule has 11 rings (SSSR count). The summed E-state index contributed by atoms with van der Waals surface area (Å²) in [7, 11) is 0. The summed E-state index contributed by atoms with van der Waals surface area (Å²) in [5.74, 6) is 1.28. The van der Waals surface area contributed by atoms with Crippen LogP contribution in [0.5, 0.6) is 0 Å². The van der Waals surface area contributed by atoms with Crippen LogP contribution in [0, 0.1) is 5.92 Å². The highest BCUT2D eigenvalue weighted by Crippen LogP contribution is 2.37. The Morgan fingerprint density at radius 2 is 1.50 bits per heavy atom. The smallest absolute Gasteiger partial charge is 0.136 e. The third-order valence-electron chi connectivity index (χ3n) is 11.3. The summed E-state index contributed by atoms with van der Waals surface area (Å²) in [4.78, 5) is 5.15. The lowest BCUT2D eigenvalue weighted by atomic mass is 9.94. The van der Waals surface area contributed by atoms with E-state index in [0.717, 1.165) is 41.7 Å². The number of allylic oxidation sites excluding steroid dienone is 3. The van der Waals surface area contributed by atoms with E-state index in [1.807, 2.05) is 11.3 Å². The molecule has 3 unspecified atom stereocenters. The Kier molecular flexibility index (Phi) is 7.49. The quantitative estimate of drug-likeness (QED) is 0.187. The van der Waals surface area contributed by atoms with Gasteiger partial charge in [0.05, 0.1) is 0 Å². The molecule has 260 valence electrons. The van der Waals surface area contributed by atoms with E-state index in [1.165, 1.54) is 69.4 Å². The number of furan rings is 1. The van der Waals surface area contributed by atoms with Crippen LogP contribution in [-0.4, -0.2) is 5.84 Å². The van der Waals surface area contributed by atoms with Crippen molar-refractivity contribution in [1.82, 2.24) is 10.6 Å². The number of fused-ring (bicyclic) bond motifs is 7. The SMILES string of the molecule is C1=CCC(C2=NC(c3ccccc3)NC(c3ccc(C4=c5sc6c(-c7ccc8c(c7)oc7cc9ccccc9cc78)cccc6c5=CCC4)cc3)N2)C=C1. The number of thiophene rings is 1. The molecule has 6 aromatic carbocycles. The van der Waals surface area contributed by atoms with Gasteiger partial charge in [-0.1, -0.05) is 134 Å². The van der Waals surface area contributed by atoms with Gasteiger partial charge in [-0.2, -0.15) is 0 Å². The van der Waals surface area contributed by atoms with Gasteiger partial charge in [0.2, 0.25) is 0 Å². The van der Waals surface area contributed by atoms with Crippen molar-refractivity contribution in [3.63, 3.8) is 0 Å². The van der Waals surface area contributed by atoms with Crippen molar-refractivity contribution in [3.8, 4) is 11.1 Å². The van der Waals surface area contributed by atoms with Crippen LogP contribution >= 0.6 is 11.3 Å². The first-order chi connectivity index (χ1) is 26.7. The number of rotatable bonds is 5. The third-order valence-corrected chi connectivity index (χ3v) is 12.7. The molecule has 2 aromatic heterocycles. The van der Waals surface area contributed by atoms with E-state index in [4.69, 9.17) is 9.41 Å². The maximum Gasteiger partial charge on any atom is 0.136 e. The summed E-state index contributed by atoms with van der Waals surface area (Å²) in [6.07, 6.45) is 14.0. The molecule has 0 saturated heterocycles. The van der Waals surface area contributed by atoms with Crippen LogP contribution in [0.4, 0.5) is 0 Å². The lowest BCUT2D eigenvalue weighted by Gasteiger charge is -2.34. The first-order valence-electron chi connectivity index (χ1n) is 18.9. The average Bonchev–Trinajstić information content (AvgIpc) is 3.81. The van der Waals surface area contributed by atoms with Crippen LogP contribution in [0.15, 0.2) is 161 Å². The predicted octanol–water partition coefficient (Wildman–Crippen LogP) is 10.8. The molecule has 54 heavy (non-hydrogen) atoms. The largest absolute Gasteiger partial charge is 0.456 e. The fraction of sp³-hybridized carbons (Fsp3) is 0.122. The van der Waals surface area contributed by atoms with Gasteiger partial charge in [0.25, 0.3) is 0 Å². The second kappa shape index (κ2) is 12.8. The lowest BCUT2D eigenvalue weighted by Crippen LogP contribution is -2.47. The summed E-state index contributed by atoms with van der Waals surface area (Å²) in [6.45, 7) is 0. The Hall–Kier alpha value is -6.01. The number of aliphatic imine (C=N–C) groups is 1. The molecule has 0 saturated carbocycles. The molecule has 4 nitrogen and oxygen atoms in total. The van der Waals surface area contributed by atoms with Crippen LogP contribution in [0.1, 0.15) is 48.3 Å². The molecule has 0 radical (unpaired) electrons. The van der Waals surface area contributed by atoms with Crippen molar-refractivity contribution in [1.29, 1.82) is 0 Å². The maximum absolute atomic E-state index is 6.48. The highest BCUT2D eigenvalue weighted by atomic mass is 32.1. The molecule has 3 atom stereocenters. The zero-order chi connectivity index (χ0) is 35.6. The number of nitrogens with one attached hydrogen (secondary N) is 2. The minimum atomic E-state index is -0.113. The van der Waals surface area contributed by atoms with E-state index < -0.39 is 0 Å². The van der Waals surface area contributed by atoms with Crippen molar-refractivity contribution in [3.05, 3.63) is 178 Å². The van der Waals surface area contributed by atoms with E-state index in [9.17, 15) is 0 Å². The van der Waals surface area contributed by atoms with Crippen molar-refractivity contribution in [2.75, 3.05) is 0 Å².